The van der Waals surface area contributed by atoms with E-state index in [2.05, 4.69) is 28.2 Å². The van der Waals surface area contributed by atoms with Gasteiger partial charge >= 0.3 is 0 Å². The van der Waals surface area contributed by atoms with Gasteiger partial charge in [0.25, 0.3) is 5.91 Å². The Balaban J connectivity index is 2.29. The minimum atomic E-state index is -4.04. The lowest BCUT2D eigenvalue weighted by molar-refractivity contribution is 0.0933. The van der Waals surface area contributed by atoms with Crippen molar-refractivity contribution in [2.24, 2.45) is 11.1 Å². The SMILES string of the molecule is CC1CCC(NC(=O)c2cc(S(N)(=O)=O)c(Br)cc2F)C1. The maximum absolute atomic E-state index is 13.9. The van der Waals surface area contributed by atoms with Crippen molar-refractivity contribution in [1.29, 1.82) is 0 Å². The number of carbonyl (C=O) groups is 1. The predicted octanol–water partition coefficient (Wildman–Crippen LogP) is 2.15. The van der Waals surface area contributed by atoms with Gasteiger partial charge in [-0.2, -0.15) is 0 Å². The molecule has 1 aliphatic rings. The minimum absolute atomic E-state index is 0.00598. The van der Waals surface area contributed by atoms with Gasteiger partial charge in [-0.15, -0.1) is 0 Å². The quantitative estimate of drug-likeness (QED) is 0.844. The number of hydrogen-bond donors (Lipinski definition) is 2. The molecule has 3 N–H and O–H groups in total. The Bertz CT molecular complexity index is 678. The number of amides is 1. The molecule has 0 radical (unpaired) electrons. The topological polar surface area (TPSA) is 89.3 Å². The molecule has 116 valence electrons. The Kier molecular flexibility index (Phi) is 4.69. The van der Waals surface area contributed by atoms with Crippen molar-refractivity contribution in [3.63, 3.8) is 0 Å². The van der Waals surface area contributed by atoms with Crippen molar-refractivity contribution >= 4 is 31.9 Å². The van der Waals surface area contributed by atoms with E-state index in [1.54, 1.807) is 0 Å². The molecule has 2 rings (SSSR count). The molecule has 5 nitrogen and oxygen atoms in total. The highest BCUT2D eigenvalue weighted by Crippen LogP contribution is 2.27. The van der Waals surface area contributed by atoms with Gasteiger partial charge in [0.2, 0.25) is 10.0 Å². The first kappa shape index (κ1) is 16.4. The van der Waals surface area contributed by atoms with Gasteiger partial charge in [0.15, 0.2) is 0 Å². The second-order valence-corrected chi connectivity index (χ2v) is 7.78. The second-order valence-electron chi connectivity index (χ2n) is 5.40. The van der Waals surface area contributed by atoms with E-state index < -0.39 is 21.7 Å². The van der Waals surface area contributed by atoms with Gasteiger partial charge in [-0.1, -0.05) is 6.92 Å². The van der Waals surface area contributed by atoms with Crippen molar-refractivity contribution in [1.82, 2.24) is 5.32 Å². The number of carbonyl (C=O) groups excluding carboxylic acids is 1. The Hall–Kier alpha value is -0.990. The van der Waals surface area contributed by atoms with E-state index in [9.17, 15) is 17.6 Å². The smallest absolute Gasteiger partial charge is 0.254 e. The lowest BCUT2D eigenvalue weighted by atomic mass is 10.1. The second kappa shape index (κ2) is 6.02. The summed E-state index contributed by atoms with van der Waals surface area (Å²) in [6.07, 6.45) is 2.69. The zero-order chi connectivity index (χ0) is 15.8. The molecule has 0 aliphatic heterocycles. The van der Waals surface area contributed by atoms with E-state index in [1.807, 2.05) is 0 Å². The maximum atomic E-state index is 13.9. The summed E-state index contributed by atoms with van der Waals surface area (Å²) in [6, 6.07) is 1.89. The molecule has 1 fully saturated rings. The first-order chi connectivity index (χ1) is 9.68. The third-order valence-corrected chi connectivity index (χ3v) is 5.47. The molecule has 0 aromatic heterocycles. The molecule has 0 bridgehead atoms. The zero-order valence-electron chi connectivity index (χ0n) is 11.4. The summed E-state index contributed by atoms with van der Waals surface area (Å²) in [5.41, 5.74) is -0.318. The highest BCUT2D eigenvalue weighted by atomic mass is 79.9. The van der Waals surface area contributed by atoms with Crippen LogP contribution in [0.1, 0.15) is 36.5 Å². The average Bonchev–Trinajstić information content (AvgIpc) is 2.72. The number of benzene rings is 1. The normalized spacial score (nSPS) is 22.3. The molecular weight excluding hydrogens is 363 g/mol. The van der Waals surface area contributed by atoms with Crippen LogP contribution in [-0.4, -0.2) is 20.4 Å². The summed E-state index contributed by atoms with van der Waals surface area (Å²) in [5, 5.41) is 7.78. The van der Waals surface area contributed by atoms with Crippen LogP contribution in [0.5, 0.6) is 0 Å². The lowest BCUT2D eigenvalue weighted by Crippen LogP contribution is -2.33. The van der Waals surface area contributed by atoms with E-state index in [-0.39, 0.29) is 21.0 Å². The van der Waals surface area contributed by atoms with E-state index in [0.717, 1.165) is 31.4 Å². The number of primary sulfonamides is 1. The summed E-state index contributed by atoms with van der Waals surface area (Å²) in [6.45, 7) is 2.09. The molecule has 1 amide bonds. The van der Waals surface area contributed by atoms with Gasteiger partial charge in [-0.05, 0) is 53.2 Å². The van der Waals surface area contributed by atoms with Crippen molar-refractivity contribution in [2.45, 2.75) is 37.1 Å². The molecule has 1 aliphatic carbocycles. The van der Waals surface area contributed by atoms with E-state index in [0.29, 0.717) is 5.92 Å². The molecule has 0 spiro atoms. The largest absolute Gasteiger partial charge is 0.349 e. The Labute approximate surface area is 131 Å². The summed E-state index contributed by atoms with van der Waals surface area (Å²) in [5.74, 6) is -0.896. The molecule has 8 heteroatoms. The van der Waals surface area contributed by atoms with Crippen LogP contribution < -0.4 is 10.5 Å². The van der Waals surface area contributed by atoms with Gasteiger partial charge in [0, 0.05) is 10.5 Å². The van der Waals surface area contributed by atoms with Crippen molar-refractivity contribution < 1.29 is 17.6 Å². The first-order valence-electron chi connectivity index (χ1n) is 6.51. The van der Waals surface area contributed by atoms with Crippen LogP contribution in [0, 0.1) is 11.7 Å². The molecule has 1 saturated carbocycles. The monoisotopic (exact) mass is 378 g/mol. The Morgan fingerprint density at radius 3 is 2.62 bits per heavy atom. The van der Waals surface area contributed by atoms with Crippen molar-refractivity contribution in [3.8, 4) is 0 Å². The lowest BCUT2D eigenvalue weighted by Gasteiger charge is -2.14. The van der Waals surface area contributed by atoms with Gasteiger partial charge in [-0.25, -0.2) is 17.9 Å². The summed E-state index contributed by atoms with van der Waals surface area (Å²) < 4.78 is 36.7. The Morgan fingerprint density at radius 2 is 2.10 bits per heavy atom. The van der Waals surface area contributed by atoms with Crippen LogP contribution in [0.4, 0.5) is 4.39 Å². The van der Waals surface area contributed by atoms with Crippen LogP contribution in [0.3, 0.4) is 0 Å². The highest BCUT2D eigenvalue weighted by Gasteiger charge is 2.25. The number of sulfonamides is 1. The highest BCUT2D eigenvalue weighted by molar-refractivity contribution is 9.10. The minimum Gasteiger partial charge on any atom is -0.349 e. The average molecular weight is 379 g/mol. The van der Waals surface area contributed by atoms with Crippen LogP contribution >= 0.6 is 15.9 Å². The fourth-order valence-corrected chi connectivity index (χ4v) is 4.13. The van der Waals surface area contributed by atoms with E-state index >= 15 is 0 Å². The summed E-state index contributed by atoms with van der Waals surface area (Å²) in [4.78, 5) is 11.8. The van der Waals surface area contributed by atoms with Crippen LogP contribution in [0.15, 0.2) is 21.5 Å². The third-order valence-electron chi connectivity index (χ3n) is 3.60. The van der Waals surface area contributed by atoms with Crippen molar-refractivity contribution in [2.75, 3.05) is 0 Å². The molecule has 1 aromatic carbocycles. The first-order valence-corrected chi connectivity index (χ1v) is 8.85. The molecule has 2 unspecified atom stereocenters. The van der Waals surface area contributed by atoms with E-state index in [1.165, 1.54) is 0 Å². The molecule has 0 heterocycles. The van der Waals surface area contributed by atoms with Crippen LogP contribution in [0.2, 0.25) is 0 Å². The van der Waals surface area contributed by atoms with Gasteiger partial charge < -0.3 is 5.32 Å². The number of hydrogen-bond acceptors (Lipinski definition) is 3. The maximum Gasteiger partial charge on any atom is 0.254 e. The van der Waals surface area contributed by atoms with Gasteiger partial charge in [0.1, 0.15) is 5.82 Å². The predicted molar refractivity (Wildman–Crippen MR) is 79.7 cm³/mol. The zero-order valence-corrected chi connectivity index (χ0v) is 13.8. The van der Waals surface area contributed by atoms with Crippen LogP contribution in [0.25, 0.3) is 0 Å². The number of nitrogens with one attached hydrogen (secondary N) is 1. The third kappa shape index (κ3) is 3.81. The number of rotatable bonds is 3. The molecule has 2 atom stereocenters. The van der Waals surface area contributed by atoms with Crippen molar-refractivity contribution in [3.05, 3.63) is 28.0 Å². The molecular formula is C13H16BrFN2O3S. The summed E-state index contributed by atoms with van der Waals surface area (Å²) in [7, 11) is -4.04. The van der Waals surface area contributed by atoms with E-state index in [4.69, 9.17) is 5.14 Å². The molecule has 21 heavy (non-hydrogen) atoms. The standard InChI is InChI=1S/C13H16BrFN2O3S/c1-7-2-3-8(4-7)17-13(18)9-5-12(21(16,19)20)10(14)6-11(9)15/h5-8H,2-4H2,1H3,(H,17,18)(H2,16,19,20). The van der Waals surface area contributed by atoms with Gasteiger partial charge in [-0.3, -0.25) is 4.79 Å². The Morgan fingerprint density at radius 1 is 1.43 bits per heavy atom. The summed E-state index contributed by atoms with van der Waals surface area (Å²) >= 11 is 2.93. The molecule has 1 aromatic rings. The molecule has 0 saturated heterocycles. The fraction of sp³-hybridized carbons (Fsp3) is 0.462. The van der Waals surface area contributed by atoms with Gasteiger partial charge in [0.05, 0.1) is 10.5 Å². The fourth-order valence-electron chi connectivity index (χ4n) is 2.52. The number of nitrogens with two attached hydrogens (primary N) is 1. The van der Waals surface area contributed by atoms with Crippen LogP contribution in [-0.2, 0) is 10.0 Å². The number of halogens is 2.